The first-order valence-electron chi connectivity index (χ1n) is 6.40. The van der Waals surface area contributed by atoms with Crippen molar-refractivity contribution < 1.29 is 4.39 Å². The molecule has 1 heterocycles. The molecule has 1 aromatic carbocycles. The number of aromatic nitrogens is 2. The van der Waals surface area contributed by atoms with Gasteiger partial charge >= 0.3 is 0 Å². The Hall–Kier alpha value is -1.13. The molecule has 3 nitrogen and oxygen atoms in total. The molecule has 1 unspecified atom stereocenters. The Bertz CT molecular complexity index is 565. The molecule has 0 aliphatic rings. The smallest absolute Gasteiger partial charge is 0.151 e. The monoisotopic (exact) mass is 283 g/mol. The molecule has 0 aliphatic heterocycles. The summed E-state index contributed by atoms with van der Waals surface area (Å²) >= 11 is 5.95. The molecule has 2 rings (SSSR count). The third-order valence-corrected chi connectivity index (χ3v) is 3.54. The van der Waals surface area contributed by atoms with E-state index in [2.05, 4.69) is 21.4 Å². The minimum Gasteiger partial charge on any atom is -0.324 e. The molecular weight excluding hydrogens is 265 g/mol. The highest BCUT2D eigenvalue weighted by atomic mass is 35.5. The highest BCUT2D eigenvalue weighted by Crippen LogP contribution is 2.25. The average molecular weight is 284 g/mol. The first kappa shape index (κ1) is 14.3. The number of nitrogens with zero attached hydrogens (tertiary/aromatic N) is 3. The maximum absolute atomic E-state index is 13.8. The summed E-state index contributed by atoms with van der Waals surface area (Å²) in [7, 11) is 4.09. The number of rotatable bonds is 5. The van der Waals surface area contributed by atoms with Gasteiger partial charge in [-0.25, -0.2) is 9.37 Å². The second-order valence-corrected chi connectivity index (χ2v) is 5.35. The molecule has 0 saturated carbocycles. The van der Waals surface area contributed by atoms with E-state index in [1.165, 1.54) is 6.07 Å². The average Bonchev–Trinajstić information content (AvgIpc) is 2.76. The van der Waals surface area contributed by atoms with Crippen LogP contribution in [0.1, 0.15) is 25.2 Å². The normalized spacial score (nSPS) is 13.4. The Balaban J connectivity index is 2.42. The molecule has 0 radical (unpaired) electrons. The SMILES string of the molecule is CC(CCN(C)C)n1c(CCl)nc2c(F)cccc21. The Kier molecular flexibility index (Phi) is 4.42. The number of fused-ring (bicyclic) bond motifs is 1. The van der Waals surface area contributed by atoms with E-state index in [4.69, 9.17) is 11.6 Å². The quantitative estimate of drug-likeness (QED) is 0.784. The molecule has 0 N–H and O–H groups in total. The number of halogens is 2. The first-order valence-corrected chi connectivity index (χ1v) is 6.94. The molecule has 1 aromatic heterocycles. The largest absolute Gasteiger partial charge is 0.324 e. The maximum Gasteiger partial charge on any atom is 0.151 e. The van der Waals surface area contributed by atoms with Crippen LogP contribution in [-0.2, 0) is 5.88 Å². The summed E-state index contributed by atoms with van der Waals surface area (Å²) in [5.41, 5.74) is 1.23. The predicted molar refractivity (Wildman–Crippen MR) is 77.1 cm³/mol. The van der Waals surface area contributed by atoms with E-state index in [1.54, 1.807) is 6.07 Å². The van der Waals surface area contributed by atoms with Crippen LogP contribution in [0.4, 0.5) is 4.39 Å². The van der Waals surface area contributed by atoms with Crippen molar-refractivity contribution in [2.24, 2.45) is 0 Å². The van der Waals surface area contributed by atoms with Crippen LogP contribution in [0.25, 0.3) is 11.0 Å². The summed E-state index contributed by atoms with van der Waals surface area (Å²) in [6.45, 7) is 3.09. The van der Waals surface area contributed by atoms with E-state index in [0.29, 0.717) is 11.4 Å². The number of para-hydroxylation sites is 1. The fourth-order valence-corrected chi connectivity index (χ4v) is 2.48. The van der Waals surface area contributed by atoms with Gasteiger partial charge in [0.2, 0.25) is 0 Å². The van der Waals surface area contributed by atoms with Crippen LogP contribution in [0.3, 0.4) is 0 Å². The molecule has 0 fully saturated rings. The Morgan fingerprint density at radius 2 is 2.16 bits per heavy atom. The molecule has 104 valence electrons. The topological polar surface area (TPSA) is 21.1 Å². The lowest BCUT2D eigenvalue weighted by atomic mass is 10.2. The van der Waals surface area contributed by atoms with Gasteiger partial charge in [-0.1, -0.05) is 6.07 Å². The van der Waals surface area contributed by atoms with Crippen molar-refractivity contribution in [3.05, 3.63) is 29.8 Å². The molecule has 2 aromatic rings. The molecule has 0 aliphatic carbocycles. The van der Waals surface area contributed by atoms with Crippen LogP contribution in [0.15, 0.2) is 18.2 Å². The fraction of sp³-hybridized carbons (Fsp3) is 0.500. The van der Waals surface area contributed by atoms with E-state index in [9.17, 15) is 4.39 Å². The lowest BCUT2D eigenvalue weighted by Gasteiger charge is -2.19. The summed E-state index contributed by atoms with van der Waals surface area (Å²) in [6, 6.07) is 5.28. The van der Waals surface area contributed by atoms with Crippen molar-refractivity contribution in [2.45, 2.75) is 25.3 Å². The number of alkyl halides is 1. The van der Waals surface area contributed by atoms with Crippen LogP contribution in [0, 0.1) is 5.82 Å². The third kappa shape index (κ3) is 2.90. The molecule has 5 heteroatoms. The number of benzene rings is 1. The third-order valence-electron chi connectivity index (χ3n) is 3.30. The minimum absolute atomic E-state index is 0.239. The van der Waals surface area contributed by atoms with E-state index in [1.807, 2.05) is 20.2 Å². The van der Waals surface area contributed by atoms with E-state index in [-0.39, 0.29) is 11.9 Å². The standard InChI is InChI=1S/C14H19ClFN3/c1-10(7-8-18(2)3)19-12-6-4-5-11(16)14(12)17-13(19)9-15/h4-6,10H,7-9H2,1-3H3. The van der Waals surface area contributed by atoms with Gasteiger partial charge in [-0.15, -0.1) is 11.6 Å². The molecule has 0 saturated heterocycles. The number of imidazole rings is 1. The molecule has 1 atom stereocenters. The van der Waals surface area contributed by atoms with Gasteiger partial charge in [0.1, 0.15) is 11.3 Å². The highest BCUT2D eigenvalue weighted by Gasteiger charge is 2.17. The predicted octanol–water partition coefficient (Wildman–Crippen LogP) is 3.43. The van der Waals surface area contributed by atoms with Crippen molar-refractivity contribution in [1.29, 1.82) is 0 Å². The van der Waals surface area contributed by atoms with Crippen LogP contribution in [0.2, 0.25) is 0 Å². The Morgan fingerprint density at radius 1 is 1.42 bits per heavy atom. The van der Waals surface area contributed by atoms with Crippen molar-refractivity contribution in [3.8, 4) is 0 Å². The van der Waals surface area contributed by atoms with Crippen LogP contribution >= 0.6 is 11.6 Å². The number of hydrogen-bond acceptors (Lipinski definition) is 2. The van der Waals surface area contributed by atoms with Crippen LogP contribution in [0.5, 0.6) is 0 Å². The summed E-state index contributed by atoms with van der Waals surface area (Å²) in [5.74, 6) is 0.732. The van der Waals surface area contributed by atoms with Gasteiger partial charge in [0.05, 0.1) is 11.4 Å². The molecule has 0 spiro atoms. The van der Waals surface area contributed by atoms with Gasteiger partial charge in [0.25, 0.3) is 0 Å². The second-order valence-electron chi connectivity index (χ2n) is 5.08. The zero-order chi connectivity index (χ0) is 14.0. The lowest BCUT2D eigenvalue weighted by molar-refractivity contribution is 0.358. The van der Waals surface area contributed by atoms with Crippen LogP contribution < -0.4 is 0 Å². The summed E-state index contributed by atoms with van der Waals surface area (Å²) in [6.07, 6.45) is 0.971. The van der Waals surface area contributed by atoms with Gasteiger partial charge in [-0.05, 0) is 46.1 Å². The van der Waals surface area contributed by atoms with Gasteiger partial charge in [0.15, 0.2) is 5.82 Å². The Morgan fingerprint density at radius 3 is 2.79 bits per heavy atom. The van der Waals surface area contributed by atoms with E-state index >= 15 is 0 Å². The van der Waals surface area contributed by atoms with Crippen molar-refractivity contribution in [1.82, 2.24) is 14.5 Å². The maximum atomic E-state index is 13.8. The van der Waals surface area contributed by atoms with Crippen molar-refractivity contribution >= 4 is 22.6 Å². The lowest BCUT2D eigenvalue weighted by Crippen LogP contribution is -2.18. The van der Waals surface area contributed by atoms with Crippen molar-refractivity contribution in [3.63, 3.8) is 0 Å². The number of hydrogen-bond donors (Lipinski definition) is 0. The molecular formula is C14H19ClFN3. The summed E-state index contributed by atoms with van der Waals surface area (Å²) in [5, 5.41) is 0. The van der Waals surface area contributed by atoms with Gasteiger partial charge in [-0.2, -0.15) is 0 Å². The molecule has 19 heavy (non-hydrogen) atoms. The molecule has 0 amide bonds. The van der Waals surface area contributed by atoms with Crippen LogP contribution in [-0.4, -0.2) is 35.1 Å². The molecule has 0 bridgehead atoms. The summed E-state index contributed by atoms with van der Waals surface area (Å²) < 4.78 is 15.8. The Labute approximate surface area is 118 Å². The fourth-order valence-electron chi connectivity index (χ4n) is 2.29. The van der Waals surface area contributed by atoms with Gasteiger partial charge in [-0.3, -0.25) is 0 Å². The van der Waals surface area contributed by atoms with Gasteiger partial charge < -0.3 is 9.47 Å². The summed E-state index contributed by atoms with van der Waals surface area (Å²) in [4.78, 5) is 6.46. The second kappa shape index (κ2) is 5.88. The zero-order valence-electron chi connectivity index (χ0n) is 11.5. The van der Waals surface area contributed by atoms with Gasteiger partial charge in [0, 0.05) is 6.04 Å². The van der Waals surface area contributed by atoms with E-state index < -0.39 is 0 Å². The highest BCUT2D eigenvalue weighted by molar-refractivity contribution is 6.16. The minimum atomic E-state index is -0.289. The van der Waals surface area contributed by atoms with Crippen molar-refractivity contribution in [2.75, 3.05) is 20.6 Å². The van der Waals surface area contributed by atoms with E-state index in [0.717, 1.165) is 24.3 Å². The first-order chi connectivity index (χ1) is 9.04. The zero-order valence-corrected chi connectivity index (χ0v) is 12.3.